The highest BCUT2D eigenvalue weighted by atomic mass is 16.5. The molecule has 4 aromatic rings. The van der Waals surface area contributed by atoms with Gasteiger partial charge < -0.3 is 19.0 Å². The average molecular weight is 361 g/mol. The fraction of sp³-hybridized carbons (Fsp3) is 0.143. The number of nitrogens with one attached hydrogen (secondary N) is 1. The summed E-state index contributed by atoms with van der Waals surface area (Å²) >= 11 is 0. The zero-order chi connectivity index (χ0) is 18.8. The first-order valence-corrected chi connectivity index (χ1v) is 8.54. The Labute approximate surface area is 156 Å². The van der Waals surface area contributed by atoms with Crippen LogP contribution < -0.4 is 15.1 Å². The monoisotopic (exact) mass is 361 g/mol. The van der Waals surface area contributed by atoms with Crippen molar-refractivity contribution in [3.05, 3.63) is 76.9 Å². The van der Waals surface area contributed by atoms with Crippen molar-refractivity contribution in [1.29, 1.82) is 0 Å². The van der Waals surface area contributed by atoms with Crippen LogP contribution in [0, 0.1) is 0 Å². The van der Waals surface area contributed by atoms with Gasteiger partial charge in [-0.1, -0.05) is 30.3 Å². The molecule has 0 saturated carbocycles. The molecule has 2 heterocycles. The highest BCUT2D eigenvalue weighted by Crippen LogP contribution is 2.33. The summed E-state index contributed by atoms with van der Waals surface area (Å²) in [6, 6.07) is 15.3. The predicted molar refractivity (Wildman–Crippen MR) is 105 cm³/mol. The lowest BCUT2D eigenvalue weighted by molar-refractivity contribution is 0.415. The van der Waals surface area contributed by atoms with Crippen molar-refractivity contribution in [2.75, 3.05) is 19.1 Å². The van der Waals surface area contributed by atoms with E-state index in [9.17, 15) is 4.79 Å². The zero-order valence-corrected chi connectivity index (χ0v) is 15.1. The van der Waals surface area contributed by atoms with Gasteiger partial charge >= 0.3 is 0 Å². The van der Waals surface area contributed by atoms with E-state index in [1.165, 1.54) is 12.0 Å². The van der Waals surface area contributed by atoms with Crippen LogP contribution in [0.1, 0.15) is 5.56 Å². The number of anilines is 1. The Balaban J connectivity index is 1.77. The molecule has 6 heteroatoms. The molecular formula is C21H19N3O3. The fourth-order valence-corrected chi connectivity index (χ4v) is 3.12. The van der Waals surface area contributed by atoms with Crippen LogP contribution in [0.2, 0.25) is 0 Å². The summed E-state index contributed by atoms with van der Waals surface area (Å²) in [6.07, 6.45) is 2.95. The largest absolute Gasteiger partial charge is 0.496 e. The Bertz CT molecular complexity index is 1120. The summed E-state index contributed by atoms with van der Waals surface area (Å²) in [7, 11) is 3.54. The molecule has 0 bridgehead atoms. The molecule has 0 radical (unpaired) electrons. The number of aromatic amines is 1. The molecule has 2 aromatic carbocycles. The topological polar surface area (TPSA) is 71.4 Å². The van der Waals surface area contributed by atoms with Crippen molar-refractivity contribution in [1.82, 2.24) is 9.97 Å². The number of nitrogens with zero attached hydrogens (tertiary/aromatic N) is 2. The summed E-state index contributed by atoms with van der Waals surface area (Å²) < 4.78 is 10.9. The normalized spacial score (nSPS) is 10.9. The van der Waals surface area contributed by atoms with Crippen LogP contribution in [0.3, 0.4) is 0 Å². The number of H-pyrrole nitrogens is 1. The van der Waals surface area contributed by atoms with Gasteiger partial charge in [-0.05, 0) is 11.6 Å². The van der Waals surface area contributed by atoms with Crippen molar-refractivity contribution in [3.63, 3.8) is 0 Å². The third-order valence-electron chi connectivity index (χ3n) is 4.51. The van der Waals surface area contributed by atoms with E-state index < -0.39 is 0 Å². The van der Waals surface area contributed by atoms with Gasteiger partial charge in [-0.25, -0.2) is 4.98 Å². The van der Waals surface area contributed by atoms with E-state index in [1.54, 1.807) is 25.4 Å². The molecular weight excluding hydrogens is 342 g/mol. The zero-order valence-electron chi connectivity index (χ0n) is 15.1. The molecule has 0 fully saturated rings. The van der Waals surface area contributed by atoms with Crippen molar-refractivity contribution in [3.8, 4) is 17.1 Å². The van der Waals surface area contributed by atoms with E-state index >= 15 is 0 Å². The predicted octanol–water partition coefficient (Wildman–Crippen LogP) is 3.83. The molecule has 0 spiro atoms. The Morgan fingerprint density at radius 3 is 2.70 bits per heavy atom. The molecule has 27 heavy (non-hydrogen) atoms. The second-order valence-corrected chi connectivity index (χ2v) is 6.32. The van der Waals surface area contributed by atoms with E-state index in [-0.39, 0.29) is 5.43 Å². The van der Waals surface area contributed by atoms with Gasteiger partial charge in [0, 0.05) is 31.1 Å². The van der Waals surface area contributed by atoms with Gasteiger partial charge in [0.1, 0.15) is 11.6 Å². The number of benzene rings is 2. The first-order valence-electron chi connectivity index (χ1n) is 8.54. The Kier molecular flexibility index (Phi) is 4.38. The molecule has 136 valence electrons. The second kappa shape index (κ2) is 6.99. The maximum atomic E-state index is 12.7. The van der Waals surface area contributed by atoms with Crippen molar-refractivity contribution < 1.29 is 9.15 Å². The van der Waals surface area contributed by atoms with Crippen LogP contribution in [-0.4, -0.2) is 24.1 Å². The number of pyridine rings is 1. The van der Waals surface area contributed by atoms with E-state index in [1.807, 2.05) is 36.2 Å². The lowest BCUT2D eigenvalue weighted by Crippen LogP contribution is -2.19. The number of aromatic nitrogens is 2. The summed E-state index contributed by atoms with van der Waals surface area (Å²) in [6.45, 7) is 0.690. The summed E-state index contributed by atoms with van der Waals surface area (Å²) in [5.41, 5.74) is 2.50. The number of ether oxygens (including phenoxy) is 1. The van der Waals surface area contributed by atoms with E-state index in [0.29, 0.717) is 34.5 Å². The Morgan fingerprint density at radius 1 is 1.19 bits per heavy atom. The van der Waals surface area contributed by atoms with E-state index in [2.05, 4.69) is 22.1 Å². The minimum atomic E-state index is -0.0675. The van der Waals surface area contributed by atoms with Crippen LogP contribution in [0.25, 0.3) is 22.2 Å². The van der Waals surface area contributed by atoms with Crippen LogP contribution in [0.4, 0.5) is 5.82 Å². The number of oxazole rings is 1. The quantitative estimate of drug-likeness (QED) is 0.585. The Morgan fingerprint density at radius 2 is 2.00 bits per heavy atom. The maximum Gasteiger partial charge on any atom is 0.191 e. The molecule has 0 saturated heterocycles. The third kappa shape index (κ3) is 3.29. The number of methoxy groups -OCH3 is 1. The van der Waals surface area contributed by atoms with Gasteiger partial charge in [-0.3, -0.25) is 4.79 Å². The molecule has 0 aliphatic heterocycles. The molecule has 6 nitrogen and oxygen atoms in total. The van der Waals surface area contributed by atoms with Crippen molar-refractivity contribution >= 4 is 16.7 Å². The van der Waals surface area contributed by atoms with Crippen LogP contribution in [-0.2, 0) is 6.54 Å². The van der Waals surface area contributed by atoms with E-state index in [0.717, 1.165) is 5.82 Å². The van der Waals surface area contributed by atoms with Gasteiger partial charge in [-0.15, -0.1) is 0 Å². The van der Waals surface area contributed by atoms with Crippen molar-refractivity contribution in [2.24, 2.45) is 0 Å². The fourth-order valence-electron chi connectivity index (χ4n) is 3.12. The third-order valence-corrected chi connectivity index (χ3v) is 4.51. The minimum Gasteiger partial charge on any atom is -0.496 e. The molecule has 0 unspecified atom stereocenters. The van der Waals surface area contributed by atoms with E-state index in [4.69, 9.17) is 9.15 Å². The standard InChI is InChI=1S/C21H19N3O3/c1-24(12-14-6-4-3-5-7-14)21-10-18(25)15-8-16(20-11-22-13-27-20)19(26-2)9-17(15)23-21/h3-11,13H,12H2,1-2H3,(H,23,25). The molecule has 0 amide bonds. The average Bonchev–Trinajstić information content (AvgIpc) is 3.22. The summed E-state index contributed by atoms with van der Waals surface area (Å²) in [5.74, 6) is 1.90. The van der Waals surface area contributed by atoms with Crippen LogP contribution >= 0.6 is 0 Å². The summed E-state index contributed by atoms with van der Waals surface area (Å²) in [4.78, 5) is 22.0. The molecule has 0 aliphatic carbocycles. The van der Waals surface area contributed by atoms with Gasteiger partial charge in [0.2, 0.25) is 0 Å². The smallest absolute Gasteiger partial charge is 0.191 e. The van der Waals surface area contributed by atoms with Gasteiger partial charge in [0.05, 0.1) is 24.4 Å². The lowest BCUT2D eigenvalue weighted by atomic mass is 10.1. The molecule has 1 N–H and O–H groups in total. The summed E-state index contributed by atoms with van der Waals surface area (Å²) in [5, 5.41) is 0.569. The first-order chi connectivity index (χ1) is 13.2. The van der Waals surface area contributed by atoms with Gasteiger partial charge in [0.25, 0.3) is 0 Å². The van der Waals surface area contributed by atoms with Gasteiger partial charge in [-0.2, -0.15) is 0 Å². The molecule has 0 aliphatic rings. The number of fused-ring (bicyclic) bond motifs is 1. The highest BCUT2D eigenvalue weighted by molar-refractivity contribution is 5.88. The number of hydrogen-bond acceptors (Lipinski definition) is 5. The molecule has 2 aromatic heterocycles. The van der Waals surface area contributed by atoms with Gasteiger partial charge in [0.15, 0.2) is 17.6 Å². The van der Waals surface area contributed by atoms with Crippen LogP contribution in [0.15, 0.2) is 70.3 Å². The van der Waals surface area contributed by atoms with Crippen molar-refractivity contribution in [2.45, 2.75) is 6.54 Å². The number of hydrogen-bond donors (Lipinski definition) is 1. The SMILES string of the molecule is COc1cc2[nH]c(N(C)Cc3ccccc3)cc(=O)c2cc1-c1cnco1. The minimum absolute atomic E-state index is 0.0675. The maximum absolute atomic E-state index is 12.7. The van der Waals surface area contributed by atoms with Crippen LogP contribution in [0.5, 0.6) is 5.75 Å². The molecule has 4 rings (SSSR count). The highest BCUT2D eigenvalue weighted by Gasteiger charge is 2.14. The second-order valence-electron chi connectivity index (χ2n) is 6.32. The molecule has 0 atom stereocenters. The number of rotatable bonds is 5. The Hall–Kier alpha value is -3.54. The first kappa shape index (κ1) is 16.9. The lowest BCUT2D eigenvalue weighted by Gasteiger charge is -2.20.